The lowest BCUT2D eigenvalue weighted by Crippen LogP contribution is -2.46. The standard InChI is InChI=1S/C12H16FNO2/c1-8-6-9(13)4-5-10(8)11(16)14-12(2,3)7-15/h4-6,15H,7H2,1-3H3,(H,14,16). The molecule has 88 valence electrons. The molecule has 0 saturated carbocycles. The molecule has 0 saturated heterocycles. The van der Waals surface area contributed by atoms with Crippen LogP contribution >= 0.6 is 0 Å². The van der Waals surface area contributed by atoms with Crippen molar-refractivity contribution >= 4 is 5.91 Å². The summed E-state index contributed by atoms with van der Waals surface area (Å²) in [4.78, 5) is 11.8. The highest BCUT2D eigenvalue weighted by Gasteiger charge is 2.20. The molecule has 0 radical (unpaired) electrons. The van der Waals surface area contributed by atoms with Crippen molar-refractivity contribution in [1.29, 1.82) is 0 Å². The monoisotopic (exact) mass is 225 g/mol. The molecule has 3 nitrogen and oxygen atoms in total. The first-order valence-electron chi connectivity index (χ1n) is 5.05. The van der Waals surface area contributed by atoms with Crippen LogP contribution in [0.25, 0.3) is 0 Å². The van der Waals surface area contributed by atoms with Gasteiger partial charge in [-0.3, -0.25) is 4.79 Å². The van der Waals surface area contributed by atoms with E-state index in [2.05, 4.69) is 5.32 Å². The van der Waals surface area contributed by atoms with Crippen LogP contribution < -0.4 is 5.32 Å². The third kappa shape index (κ3) is 3.03. The van der Waals surface area contributed by atoms with E-state index in [1.807, 2.05) is 0 Å². The van der Waals surface area contributed by atoms with Gasteiger partial charge in [-0.1, -0.05) is 0 Å². The zero-order chi connectivity index (χ0) is 12.3. The van der Waals surface area contributed by atoms with E-state index in [9.17, 15) is 9.18 Å². The van der Waals surface area contributed by atoms with Crippen LogP contribution in [0.1, 0.15) is 29.8 Å². The van der Waals surface area contributed by atoms with Crippen molar-refractivity contribution in [2.45, 2.75) is 26.3 Å². The summed E-state index contributed by atoms with van der Waals surface area (Å²) in [7, 11) is 0. The number of amides is 1. The van der Waals surface area contributed by atoms with Crippen LogP contribution in [0.3, 0.4) is 0 Å². The molecule has 1 rings (SSSR count). The first kappa shape index (κ1) is 12.6. The minimum atomic E-state index is -0.683. The fourth-order valence-corrected chi connectivity index (χ4v) is 1.30. The van der Waals surface area contributed by atoms with Crippen LogP contribution in [0.15, 0.2) is 18.2 Å². The quantitative estimate of drug-likeness (QED) is 0.821. The summed E-state index contributed by atoms with van der Waals surface area (Å²) in [5.41, 5.74) is 0.312. The van der Waals surface area contributed by atoms with E-state index in [1.165, 1.54) is 18.2 Å². The van der Waals surface area contributed by atoms with Gasteiger partial charge in [-0.2, -0.15) is 0 Å². The minimum absolute atomic E-state index is 0.154. The molecule has 1 amide bonds. The van der Waals surface area contributed by atoms with Crippen molar-refractivity contribution in [2.75, 3.05) is 6.61 Å². The molecule has 0 bridgehead atoms. The number of carbonyl (C=O) groups excluding carboxylic acids is 1. The zero-order valence-electron chi connectivity index (χ0n) is 9.67. The molecule has 0 aliphatic heterocycles. The molecule has 0 aliphatic rings. The fourth-order valence-electron chi connectivity index (χ4n) is 1.30. The van der Waals surface area contributed by atoms with Crippen LogP contribution in [0.2, 0.25) is 0 Å². The maximum atomic E-state index is 12.8. The summed E-state index contributed by atoms with van der Waals surface area (Å²) >= 11 is 0. The van der Waals surface area contributed by atoms with Gasteiger partial charge in [-0.05, 0) is 44.5 Å². The Morgan fingerprint density at radius 1 is 1.50 bits per heavy atom. The third-order valence-corrected chi connectivity index (χ3v) is 2.28. The van der Waals surface area contributed by atoms with Crippen LogP contribution in [0.5, 0.6) is 0 Å². The van der Waals surface area contributed by atoms with Gasteiger partial charge in [0.25, 0.3) is 5.91 Å². The van der Waals surface area contributed by atoms with Crippen LogP contribution in [-0.4, -0.2) is 23.2 Å². The average molecular weight is 225 g/mol. The minimum Gasteiger partial charge on any atom is -0.394 e. The van der Waals surface area contributed by atoms with E-state index in [4.69, 9.17) is 5.11 Å². The van der Waals surface area contributed by atoms with E-state index in [-0.39, 0.29) is 18.3 Å². The molecular formula is C12H16FNO2. The van der Waals surface area contributed by atoms with E-state index >= 15 is 0 Å². The van der Waals surface area contributed by atoms with Gasteiger partial charge < -0.3 is 10.4 Å². The molecule has 0 heterocycles. The highest BCUT2D eigenvalue weighted by atomic mass is 19.1. The Morgan fingerprint density at radius 2 is 2.12 bits per heavy atom. The Hall–Kier alpha value is -1.42. The molecule has 1 aromatic rings. The van der Waals surface area contributed by atoms with Gasteiger partial charge in [-0.15, -0.1) is 0 Å². The zero-order valence-corrected chi connectivity index (χ0v) is 9.67. The predicted molar refractivity (Wildman–Crippen MR) is 59.8 cm³/mol. The van der Waals surface area contributed by atoms with Gasteiger partial charge in [0, 0.05) is 5.56 Å². The summed E-state index contributed by atoms with van der Waals surface area (Å²) in [6.45, 7) is 4.94. The van der Waals surface area contributed by atoms with Crippen LogP contribution in [0, 0.1) is 12.7 Å². The molecule has 0 aromatic heterocycles. The van der Waals surface area contributed by atoms with Crippen molar-refractivity contribution < 1.29 is 14.3 Å². The summed E-state index contributed by atoms with van der Waals surface area (Å²) < 4.78 is 12.8. The SMILES string of the molecule is Cc1cc(F)ccc1C(=O)NC(C)(C)CO. The first-order valence-corrected chi connectivity index (χ1v) is 5.05. The number of hydrogen-bond acceptors (Lipinski definition) is 2. The normalized spacial score (nSPS) is 11.3. The second-order valence-corrected chi connectivity index (χ2v) is 4.46. The first-order chi connectivity index (χ1) is 7.35. The Labute approximate surface area is 94.3 Å². The van der Waals surface area contributed by atoms with Gasteiger partial charge in [0.15, 0.2) is 0 Å². The number of carbonyl (C=O) groups is 1. The molecule has 16 heavy (non-hydrogen) atoms. The fraction of sp³-hybridized carbons (Fsp3) is 0.417. The Bertz CT molecular complexity index is 402. The van der Waals surface area contributed by atoms with Gasteiger partial charge in [0.2, 0.25) is 0 Å². The summed E-state index contributed by atoms with van der Waals surface area (Å²) in [6, 6.07) is 3.99. The maximum absolute atomic E-state index is 12.8. The highest BCUT2D eigenvalue weighted by Crippen LogP contribution is 2.11. The lowest BCUT2D eigenvalue weighted by Gasteiger charge is -2.23. The van der Waals surface area contributed by atoms with Crippen LogP contribution in [0.4, 0.5) is 4.39 Å². The number of halogens is 1. The Balaban J connectivity index is 2.89. The number of nitrogens with one attached hydrogen (secondary N) is 1. The Morgan fingerprint density at radius 3 is 2.62 bits per heavy atom. The smallest absolute Gasteiger partial charge is 0.252 e. The number of hydrogen-bond donors (Lipinski definition) is 2. The number of aliphatic hydroxyl groups excluding tert-OH is 1. The van der Waals surface area contributed by atoms with E-state index < -0.39 is 5.54 Å². The molecule has 0 spiro atoms. The number of rotatable bonds is 3. The van der Waals surface area contributed by atoms with E-state index in [0.29, 0.717) is 11.1 Å². The molecule has 0 atom stereocenters. The largest absolute Gasteiger partial charge is 0.394 e. The lowest BCUT2D eigenvalue weighted by molar-refractivity contribution is 0.0868. The lowest BCUT2D eigenvalue weighted by atomic mass is 10.0. The molecule has 1 aromatic carbocycles. The number of benzene rings is 1. The predicted octanol–water partition coefficient (Wildman–Crippen LogP) is 1.63. The second-order valence-electron chi connectivity index (χ2n) is 4.46. The van der Waals surface area contributed by atoms with Gasteiger partial charge >= 0.3 is 0 Å². The number of aliphatic hydroxyl groups is 1. The van der Waals surface area contributed by atoms with Gasteiger partial charge in [-0.25, -0.2) is 4.39 Å². The molecule has 0 fully saturated rings. The highest BCUT2D eigenvalue weighted by molar-refractivity contribution is 5.96. The Kier molecular flexibility index (Phi) is 3.65. The summed E-state index contributed by atoms with van der Waals surface area (Å²) in [5, 5.41) is 11.7. The maximum Gasteiger partial charge on any atom is 0.252 e. The molecule has 0 unspecified atom stereocenters. The average Bonchev–Trinajstić information content (AvgIpc) is 2.16. The topological polar surface area (TPSA) is 49.3 Å². The molecule has 4 heteroatoms. The van der Waals surface area contributed by atoms with Crippen molar-refractivity contribution in [3.8, 4) is 0 Å². The van der Waals surface area contributed by atoms with E-state index in [0.717, 1.165) is 0 Å². The molecule has 0 aliphatic carbocycles. The van der Waals surface area contributed by atoms with E-state index in [1.54, 1.807) is 20.8 Å². The second kappa shape index (κ2) is 4.61. The van der Waals surface area contributed by atoms with Crippen molar-refractivity contribution in [3.05, 3.63) is 35.1 Å². The summed E-state index contributed by atoms with van der Waals surface area (Å²) in [5.74, 6) is -0.674. The van der Waals surface area contributed by atoms with Crippen LogP contribution in [-0.2, 0) is 0 Å². The van der Waals surface area contributed by atoms with Crippen molar-refractivity contribution in [1.82, 2.24) is 5.32 Å². The van der Waals surface area contributed by atoms with Crippen molar-refractivity contribution in [2.24, 2.45) is 0 Å². The molecular weight excluding hydrogens is 209 g/mol. The number of aryl methyl sites for hydroxylation is 1. The van der Waals surface area contributed by atoms with Crippen molar-refractivity contribution in [3.63, 3.8) is 0 Å². The third-order valence-electron chi connectivity index (χ3n) is 2.28. The van der Waals surface area contributed by atoms with Gasteiger partial charge in [0.05, 0.1) is 12.1 Å². The summed E-state index contributed by atoms with van der Waals surface area (Å²) in [6.07, 6.45) is 0. The van der Waals surface area contributed by atoms with Gasteiger partial charge in [0.1, 0.15) is 5.82 Å². The molecule has 2 N–H and O–H groups in total.